The van der Waals surface area contributed by atoms with Gasteiger partial charge in [-0.2, -0.15) is 0 Å². The summed E-state index contributed by atoms with van der Waals surface area (Å²) in [5.41, 5.74) is 3.47. The van der Waals surface area contributed by atoms with Crippen LogP contribution in [-0.2, 0) is 0 Å². The van der Waals surface area contributed by atoms with Gasteiger partial charge in [-0.1, -0.05) is 50.3 Å². The van der Waals surface area contributed by atoms with Gasteiger partial charge in [0.1, 0.15) is 0 Å². The van der Waals surface area contributed by atoms with Crippen LogP contribution in [0.5, 0.6) is 0 Å². The Morgan fingerprint density at radius 1 is 0.727 bits per heavy atom. The molecule has 0 aliphatic heterocycles. The Balaban J connectivity index is 1.45. The molecule has 0 unspecified atom stereocenters. The molecular formula is C20H26N2. The number of nitrogens with one attached hydrogen (secondary N) is 2. The van der Waals surface area contributed by atoms with Crippen molar-refractivity contribution in [2.75, 3.05) is 17.2 Å². The van der Waals surface area contributed by atoms with E-state index in [1.165, 1.54) is 44.2 Å². The minimum absolute atomic E-state index is 0.945. The summed E-state index contributed by atoms with van der Waals surface area (Å²) >= 11 is 0. The predicted molar refractivity (Wildman–Crippen MR) is 95.8 cm³/mol. The number of para-hydroxylation sites is 1. The standard InChI is InChI=1S/C20H26N2/c1-3-7-17(8-4-1)15-16-21-18-11-13-20(14-12-18)22-19-9-5-2-6-10-19/h2,5-6,9-14,17,21-22H,1,3-4,7-8,15-16H2. The summed E-state index contributed by atoms with van der Waals surface area (Å²) in [4.78, 5) is 0. The van der Waals surface area contributed by atoms with Crippen molar-refractivity contribution in [1.82, 2.24) is 0 Å². The molecule has 22 heavy (non-hydrogen) atoms. The van der Waals surface area contributed by atoms with Gasteiger partial charge in [-0.3, -0.25) is 0 Å². The van der Waals surface area contributed by atoms with E-state index in [9.17, 15) is 0 Å². The lowest BCUT2D eigenvalue weighted by Crippen LogP contribution is -2.12. The smallest absolute Gasteiger partial charge is 0.0385 e. The third-order valence-corrected chi connectivity index (χ3v) is 4.55. The molecule has 3 rings (SSSR count). The lowest BCUT2D eigenvalue weighted by Gasteiger charge is -2.21. The highest BCUT2D eigenvalue weighted by atomic mass is 14.9. The largest absolute Gasteiger partial charge is 0.385 e. The lowest BCUT2D eigenvalue weighted by atomic mass is 9.87. The molecule has 0 aromatic heterocycles. The van der Waals surface area contributed by atoms with E-state index in [1.807, 2.05) is 18.2 Å². The highest BCUT2D eigenvalue weighted by molar-refractivity contribution is 5.62. The Morgan fingerprint density at radius 3 is 2.09 bits per heavy atom. The van der Waals surface area contributed by atoms with Crippen LogP contribution in [0.15, 0.2) is 54.6 Å². The van der Waals surface area contributed by atoms with E-state index >= 15 is 0 Å². The Labute approximate surface area is 134 Å². The molecule has 2 heteroatoms. The van der Waals surface area contributed by atoms with E-state index in [4.69, 9.17) is 0 Å². The summed E-state index contributed by atoms with van der Waals surface area (Å²) in [6.07, 6.45) is 8.49. The second-order valence-corrected chi connectivity index (χ2v) is 6.29. The normalized spacial score (nSPS) is 15.5. The van der Waals surface area contributed by atoms with Gasteiger partial charge < -0.3 is 10.6 Å². The highest BCUT2D eigenvalue weighted by Crippen LogP contribution is 2.26. The van der Waals surface area contributed by atoms with E-state index < -0.39 is 0 Å². The predicted octanol–water partition coefficient (Wildman–Crippen LogP) is 5.81. The van der Waals surface area contributed by atoms with Crippen LogP contribution < -0.4 is 10.6 Å². The molecule has 0 heterocycles. The zero-order valence-corrected chi connectivity index (χ0v) is 13.2. The number of benzene rings is 2. The first-order valence-electron chi connectivity index (χ1n) is 8.56. The molecule has 1 saturated carbocycles. The fraction of sp³-hybridized carbons (Fsp3) is 0.400. The van der Waals surface area contributed by atoms with Gasteiger partial charge in [-0.25, -0.2) is 0 Å². The van der Waals surface area contributed by atoms with E-state index in [1.54, 1.807) is 0 Å². The number of hydrogen-bond donors (Lipinski definition) is 2. The van der Waals surface area contributed by atoms with E-state index in [0.717, 1.165) is 23.8 Å². The van der Waals surface area contributed by atoms with E-state index in [2.05, 4.69) is 47.0 Å². The maximum Gasteiger partial charge on any atom is 0.0385 e. The lowest BCUT2D eigenvalue weighted by molar-refractivity contribution is 0.345. The van der Waals surface area contributed by atoms with Gasteiger partial charge in [0, 0.05) is 23.6 Å². The SMILES string of the molecule is c1ccc(Nc2ccc(NCCC3CCCCC3)cc2)cc1. The first-order valence-corrected chi connectivity index (χ1v) is 8.56. The summed E-state index contributed by atoms with van der Waals surface area (Å²) < 4.78 is 0. The Bertz CT molecular complexity index is 542. The molecule has 1 fully saturated rings. The van der Waals surface area contributed by atoms with Crippen molar-refractivity contribution in [2.45, 2.75) is 38.5 Å². The van der Waals surface area contributed by atoms with Gasteiger partial charge in [-0.15, -0.1) is 0 Å². The molecule has 0 radical (unpaired) electrons. The zero-order valence-electron chi connectivity index (χ0n) is 13.2. The van der Waals surface area contributed by atoms with Gasteiger partial charge in [0.05, 0.1) is 0 Å². The highest BCUT2D eigenvalue weighted by Gasteiger charge is 2.12. The topological polar surface area (TPSA) is 24.1 Å². The quantitative estimate of drug-likeness (QED) is 0.702. The van der Waals surface area contributed by atoms with Crippen LogP contribution in [0.25, 0.3) is 0 Å². The fourth-order valence-electron chi connectivity index (χ4n) is 3.26. The summed E-state index contributed by atoms with van der Waals surface area (Å²) in [6, 6.07) is 18.9. The van der Waals surface area contributed by atoms with Crippen molar-refractivity contribution in [2.24, 2.45) is 5.92 Å². The van der Waals surface area contributed by atoms with E-state index in [0.29, 0.717) is 0 Å². The fourth-order valence-corrected chi connectivity index (χ4v) is 3.26. The second-order valence-electron chi connectivity index (χ2n) is 6.29. The first kappa shape index (κ1) is 15.0. The first-order chi connectivity index (χ1) is 10.9. The summed E-state index contributed by atoms with van der Waals surface area (Å²) in [7, 11) is 0. The number of anilines is 3. The second kappa shape index (κ2) is 7.88. The van der Waals surface area contributed by atoms with Gasteiger partial charge in [-0.05, 0) is 48.7 Å². The van der Waals surface area contributed by atoms with Gasteiger partial charge in [0.2, 0.25) is 0 Å². The molecule has 1 aliphatic rings. The van der Waals surface area contributed by atoms with Crippen molar-refractivity contribution in [3.8, 4) is 0 Å². The van der Waals surface area contributed by atoms with Crippen LogP contribution in [0.1, 0.15) is 38.5 Å². The minimum atomic E-state index is 0.945. The molecule has 0 atom stereocenters. The third kappa shape index (κ3) is 4.52. The molecule has 2 N–H and O–H groups in total. The van der Waals surface area contributed by atoms with Crippen LogP contribution in [-0.4, -0.2) is 6.54 Å². The van der Waals surface area contributed by atoms with Crippen LogP contribution in [0.2, 0.25) is 0 Å². The van der Waals surface area contributed by atoms with Gasteiger partial charge >= 0.3 is 0 Å². The molecule has 116 valence electrons. The van der Waals surface area contributed by atoms with Crippen LogP contribution >= 0.6 is 0 Å². The maximum atomic E-state index is 3.56. The van der Waals surface area contributed by atoms with Crippen molar-refractivity contribution in [3.63, 3.8) is 0 Å². The Kier molecular flexibility index (Phi) is 5.36. The minimum Gasteiger partial charge on any atom is -0.385 e. The number of rotatable bonds is 6. The van der Waals surface area contributed by atoms with Crippen molar-refractivity contribution in [1.29, 1.82) is 0 Å². The molecule has 1 aliphatic carbocycles. The summed E-state index contributed by atoms with van der Waals surface area (Å²) in [5, 5.41) is 6.97. The molecular weight excluding hydrogens is 268 g/mol. The molecule has 2 aromatic rings. The van der Waals surface area contributed by atoms with Gasteiger partial charge in [0.15, 0.2) is 0 Å². The molecule has 0 bridgehead atoms. The monoisotopic (exact) mass is 294 g/mol. The Morgan fingerprint density at radius 2 is 1.36 bits per heavy atom. The number of hydrogen-bond acceptors (Lipinski definition) is 2. The van der Waals surface area contributed by atoms with Crippen LogP contribution in [0, 0.1) is 5.92 Å². The molecule has 0 amide bonds. The van der Waals surface area contributed by atoms with Crippen LogP contribution in [0.4, 0.5) is 17.1 Å². The van der Waals surface area contributed by atoms with Gasteiger partial charge in [0.25, 0.3) is 0 Å². The van der Waals surface area contributed by atoms with E-state index in [-0.39, 0.29) is 0 Å². The molecule has 0 spiro atoms. The summed E-state index contributed by atoms with van der Waals surface area (Å²) in [5.74, 6) is 0.945. The van der Waals surface area contributed by atoms with Crippen molar-refractivity contribution < 1.29 is 0 Å². The average molecular weight is 294 g/mol. The van der Waals surface area contributed by atoms with Crippen molar-refractivity contribution >= 4 is 17.1 Å². The average Bonchev–Trinajstić information content (AvgIpc) is 2.58. The van der Waals surface area contributed by atoms with Crippen LogP contribution in [0.3, 0.4) is 0 Å². The molecule has 2 aromatic carbocycles. The zero-order chi connectivity index (χ0) is 15.0. The summed E-state index contributed by atoms with van der Waals surface area (Å²) in [6.45, 7) is 1.09. The molecule has 0 saturated heterocycles. The Hall–Kier alpha value is -1.96. The molecule has 2 nitrogen and oxygen atoms in total. The maximum absolute atomic E-state index is 3.56. The third-order valence-electron chi connectivity index (χ3n) is 4.55. The van der Waals surface area contributed by atoms with Crippen molar-refractivity contribution in [3.05, 3.63) is 54.6 Å².